The van der Waals surface area contributed by atoms with E-state index in [2.05, 4.69) is 37.4 Å². The molecule has 0 radical (unpaired) electrons. The van der Waals surface area contributed by atoms with E-state index in [1.807, 2.05) is 42.5 Å². The Hall–Kier alpha value is -3.77. The van der Waals surface area contributed by atoms with E-state index in [0.29, 0.717) is 23.6 Å². The van der Waals surface area contributed by atoms with Crippen LogP contribution < -0.4 is 15.0 Å². The molecule has 0 spiro atoms. The third-order valence-electron chi connectivity index (χ3n) is 4.99. The van der Waals surface area contributed by atoms with Gasteiger partial charge < -0.3 is 4.74 Å². The minimum Gasteiger partial charge on any atom is -0.489 e. The Bertz CT molecular complexity index is 1200. The number of amides is 2. The number of carbonyl (C=O) groups excluding carboxylic acids is 2. The van der Waals surface area contributed by atoms with Crippen molar-refractivity contribution in [3.05, 3.63) is 101 Å². The molecule has 3 aromatic rings. The van der Waals surface area contributed by atoms with E-state index in [-0.39, 0.29) is 10.7 Å². The van der Waals surface area contributed by atoms with Crippen molar-refractivity contribution in [2.75, 3.05) is 4.90 Å². The van der Waals surface area contributed by atoms with Crippen LogP contribution in [0.15, 0.2) is 78.4 Å². The molecule has 0 saturated carbocycles. The van der Waals surface area contributed by atoms with Crippen LogP contribution >= 0.6 is 12.2 Å². The van der Waals surface area contributed by atoms with Crippen LogP contribution in [0.25, 0.3) is 6.08 Å². The van der Waals surface area contributed by atoms with E-state index in [0.717, 1.165) is 5.56 Å². The third kappa shape index (κ3) is 4.76. The summed E-state index contributed by atoms with van der Waals surface area (Å²) in [5.41, 5.74) is 4.84. The lowest BCUT2D eigenvalue weighted by molar-refractivity contribution is -0.122. The summed E-state index contributed by atoms with van der Waals surface area (Å²) in [6.45, 7) is 4.59. The second-order valence-corrected chi connectivity index (χ2v) is 8.03. The van der Waals surface area contributed by atoms with Gasteiger partial charge >= 0.3 is 0 Å². The second kappa shape index (κ2) is 9.16. The van der Waals surface area contributed by atoms with Crippen molar-refractivity contribution in [3.8, 4) is 5.75 Å². The summed E-state index contributed by atoms with van der Waals surface area (Å²) >= 11 is 5.21. The van der Waals surface area contributed by atoms with Crippen LogP contribution in [0.3, 0.4) is 0 Å². The Balaban J connectivity index is 1.50. The van der Waals surface area contributed by atoms with Crippen molar-refractivity contribution in [1.82, 2.24) is 5.32 Å². The molecule has 1 aliphatic rings. The molecular formula is C26H22N2O3S. The third-order valence-corrected chi connectivity index (χ3v) is 5.28. The zero-order valence-electron chi connectivity index (χ0n) is 17.8. The smallest absolute Gasteiger partial charge is 0.270 e. The van der Waals surface area contributed by atoms with Gasteiger partial charge in [0.15, 0.2) is 5.11 Å². The Labute approximate surface area is 192 Å². The lowest BCUT2D eigenvalue weighted by Gasteiger charge is -2.28. The summed E-state index contributed by atoms with van der Waals surface area (Å²) in [5, 5.41) is 2.66. The fourth-order valence-electron chi connectivity index (χ4n) is 3.61. The van der Waals surface area contributed by atoms with E-state index < -0.39 is 11.8 Å². The number of carbonyl (C=O) groups is 2. The van der Waals surface area contributed by atoms with Gasteiger partial charge in [-0.25, -0.2) is 0 Å². The van der Waals surface area contributed by atoms with Crippen molar-refractivity contribution in [2.24, 2.45) is 0 Å². The highest BCUT2D eigenvalue weighted by Gasteiger charge is 2.34. The van der Waals surface area contributed by atoms with Crippen molar-refractivity contribution in [3.63, 3.8) is 0 Å². The topological polar surface area (TPSA) is 58.6 Å². The number of rotatable bonds is 5. The second-order valence-electron chi connectivity index (χ2n) is 7.65. The highest BCUT2D eigenvalue weighted by molar-refractivity contribution is 7.80. The number of anilines is 1. The molecule has 1 N–H and O–H groups in total. The van der Waals surface area contributed by atoms with E-state index in [9.17, 15) is 9.59 Å². The quantitative estimate of drug-likeness (QED) is 0.353. The molecule has 1 saturated heterocycles. The fourth-order valence-corrected chi connectivity index (χ4v) is 3.90. The summed E-state index contributed by atoms with van der Waals surface area (Å²) in [4.78, 5) is 26.8. The maximum Gasteiger partial charge on any atom is 0.270 e. The number of benzene rings is 3. The van der Waals surface area contributed by atoms with Crippen molar-refractivity contribution in [2.45, 2.75) is 20.5 Å². The Morgan fingerprint density at radius 1 is 0.938 bits per heavy atom. The van der Waals surface area contributed by atoms with Gasteiger partial charge in [0.25, 0.3) is 11.8 Å². The maximum absolute atomic E-state index is 13.0. The van der Waals surface area contributed by atoms with Gasteiger partial charge in [-0.15, -0.1) is 0 Å². The van der Waals surface area contributed by atoms with Gasteiger partial charge in [0, 0.05) is 0 Å². The van der Waals surface area contributed by atoms with Crippen molar-refractivity contribution >= 4 is 40.9 Å². The van der Waals surface area contributed by atoms with Gasteiger partial charge in [0.1, 0.15) is 17.9 Å². The predicted molar refractivity (Wildman–Crippen MR) is 129 cm³/mol. The number of hydrogen-bond acceptors (Lipinski definition) is 4. The minimum absolute atomic E-state index is 0.0198. The molecule has 3 aromatic carbocycles. The molecule has 160 valence electrons. The van der Waals surface area contributed by atoms with Crippen LogP contribution in [-0.4, -0.2) is 16.9 Å². The summed E-state index contributed by atoms with van der Waals surface area (Å²) in [7, 11) is 0. The zero-order valence-corrected chi connectivity index (χ0v) is 18.6. The number of para-hydroxylation sites is 1. The lowest BCUT2D eigenvalue weighted by Crippen LogP contribution is -2.54. The van der Waals surface area contributed by atoms with Gasteiger partial charge in [0.2, 0.25) is 0 Å². The molecule has 6 heteroatoms. The standard InChI is InChI=1S/C26H22N2O3S/c1-17-12-18(2)14-20(13-17)16-31-22-10-8-19(9-11-22)15-23-24(29)27-26(32)28(25(23)30)21-6-4-3-5-7-21/h3-15H,16H2,1-2H3,(H,27,29,32)/b23-15-. The Kier molecular flexibility index (Phi) is 6.14. The number of thiocarbonyl (C=S) groups is 1. The van der Waals surface area contributed by atoms with Crippen LogP contribution in [0.5, 0.6) is 5.75 Å². The van der Waals surface area contributed by atoms with Gasteiger partial charge in [-0.3, -0.25) is 19.8 Å². The van der Waals surface area contributed by atoms with Crippen LogP contribution in [0.1, 0.15) is 22.3 Å². The number of nitrogens with zero attached hydrogens (tertiary/aromatic N) is 1. The SMILES string of the molecule is Cc1cc(C)cc(COc2ccc(/C=C3/C(=O)NC(=S)N(c4ccccc4)C3=O)cc2)c1. The van der Waals surface area contributed by atoms with Crippen LogP contribution in [0, 0.1) is 13.8 Å². The Morgan fingerprint density at radius 2 is 1.59 bits per heavy atom. The summed E-state index contributed by atoms with van der Waals surface area (Å²) in [6.07, 6.45) is 1.56. The van der Waals surface area contributed by atoms with Crippen LogP contribution in [-0.2, 0) is 16.2 Å². The molecule has 2 amide bonds. The summed E-state index contributed by atoms with van der Waals surface area (Å²) < 4.78 is 5.89. The lowest BCUT2D eigenvalue weighted by atomic mass is 10.1. The largest absolute Gasteiger partial charge is 0.489 e. The highest BCUT2D eigenvalue weighted by Crippen LogP contribution is 2.23. The van der Waals surface area contributed by atoms with Gasteiger partial charge in [-0.1, -0.05) is 59.7 Å². The van der Waals surface area contributed by atoms with Gasteiger partial charge in [-0.05, 0) is 67.5 Å². The minimum atomic E-state index is -0.512. The van der Waals surface area contributed by atoms with E-state index >= 15 is 0 Å². The zero-order chi connectivity index (χ0) is 22.7. The molecule has 0 aliphatic carbocycles. The van der Waals surface area contributed by atoms with Crippen molar-refractivity contribution < 1.29 is 14.3 Å². The Morgan fingerprint density at radius 3 is 2.25 bits per heavy atom. The molecule has 1 heterocycles. The molecule has 4 rings (SSSR count). The number of ether oxygens (including phenoxy) is 1. The fraction of sp³-hybridized carbons (Fsp3) is 0.115. The first-order chi connectivity index (χ1) is 15.4. The molecule has 1 fully saturated rings. The molecule has 0 bridgehead atoms. The number of nitrogens with one attached hydrogen (secondary N) is 1. The van der Waals surface area contributed by atoms with Gasteiger partial charge in [0.05, 0.1) is 5.69 Å². The number of aryl methyl sites for hydroxylation is 2. The van der Waals surface area contributed by atoms with Crippen LogP contribution in [0.2, 0.25) is 0 Å². The van der Waals surface area contributed by atoms with Crippen LogP contribution in [0.4, 0.5) is 5.69 Å². The predicted octanol–water partition coefficient (Wildman–Crippen LogP) is 4.71. The average Bonchev–Trinajstić information content (AvgIpc) is 2.76. The van der Waals surface area contributed by atoms with E-state index in [1.165, 1.54) is 16.0 Å². The molecule has 32 heavy (non-hydrogen) atoms. The highest BCUT2D eigenvalue weighted by atomic mass is 32.1. The maximum atomic E-state index is 13.0. The van der Waals surface area contributed by atoms with Crippen molar-refractivity contribution in [1.29, 1.82) is 0 Å². The summed E-state index contributed by atoms with van der Waals surface area (Å²) in [6, 6.07) is 22.6. The first-order valence-electron chi connectivity index (χ1n) is 10.2. The molecule has 1 aliphatic heterocycles. The van der Waals surface area contributed by atoms with E-state index in [1.54, 1.807) is 18.2 Å². The monoisotopic (exact) mass is 442 g/mol. The normalized spacial score (nSPS) is 15.1. The molecule has 0 unspecified atom stereocenters. The molecule has 5 nitrogen and oxygen atoms in total. The van der Waals surface area contributed by atoms with Gasteiger partial charge in [-0.2, -0.15) is 0 Å². The first-order valence-corrected chi connectivity index (χ1v) is 10.6. The average molecular weight is 443 g/mol. The molecule has 0 atom stereocenters. The first kappa shape index (κ1) is 21.5. The van der Waals surface area contributed by atoms with E-state index in [4.69, 9.17) is 17.0 Å². The molecule has 0 aromatic heterocycles. The number of hydrogen-bond donors (Lipinski definition) is 1. The molecular weight excluding hydrogens is 420 g/mol. The summed E-state index contributed by atoms with van der Waals surface area (Å²) in [5.74, 6) is -0.264.